The number of ketones is 1. The van der Waals surface area contributed by atoms with Crippen molar-refractivity contribution in [2.75, 3.05) is 32.7 Å². The van der Waals surface area contributed by atoms with Gasteiger partial charge in [-0.05, 0) is 61.2 Å². The first-order valence-electron chi connectivity index (χ1n) is 11.7. The summed E-state index contributed by atoms with van der Waals surface area (Å²) in [5.41, 5.74) is 0. The van der Waals surface area contributed by atoms with Gasteiger partial charge in [0.15, 0.2) is 0 Å². The topological polar surface area (TPSA) is 57.7 Å². The molecule has 2 heterocycles. The Labute approximate surface area is 186 Å². The third-order valence-electron chi connectivity index (χ3n) is 6.96. The van der Waals surface area contributed by atoms with Crippen molar-refractivity contribution < 1.29 is 13.2 Å². The van der Waals surface area contributed by atoms with Crippen molar-refractivity contribution in [1.29, 1.82) is 0 Å². The number of sulfonamides is 1. The number of benzene rings is 2. The number of hydrogen-bond acceptors (Lipinski definition) is 4. The largest absolute Gasteiger partial charge is 0.303 e. The van der Waals surface area contributed by atoms with Crippen LogP contribution in [0.4, 0.5) is 0 Å². The maximum absolute atomic E-state index is 13.4. The quantitative estimate of drug-likeness (QED) is 0.611. The van der Waals surface area contributed by atoms with Crippen molar-refractivity contribution in [2.24, 2.45) is 11.8 Å². The number of carbonyl (C=O) groups excluding carboxylic acids is 1. The van der Waals surface area contributed by atoms with E-state index in [0.717, 1.165) is 43.2 Å². The highest BCUT2D eigenvalue weighted by Gasteiger charge is 2.41. The molecule has 2 atom stereocenters. The molecular formula is C25H34N2O3S. The lowest BCUT2D eigenvalue weighted by molar-refractivity contribution is -0.123. The van der Waals surface area contributed by atoms with E-state index in [1.807, 2.05) is 30.3 Å². The molecule has 2 aromatic carbocycles. The molecule has 2 aliphatic heterocycles. The Kier molecular flexibility index (Phi) is 7.09. The Hall–Kier alpha value is -1.76. The standard InChI is InChI=1S/C25H34N2O3S/c1-2-8-22-18-27(19-24(22)25(28)13-16-26-14-6-3-7-15-26)31(29,30)23-12-11-20-9-4-5-10-21(20)17-23/h4-5,9-12,17,22,24H,2-3,6-8,13-16,18-19H2,1H3/t22-,24?/m1/s1. The van der Waals surface area contributed by atoms with Crippen LogP contribution in [0, 0.1) is 11.8 Å². The fourth-order valence-corrected chi connectivity index (χ4v) is 6.73. The highest BCUT2D eigenvalue weighted by atomic mass is 32.2. The predicted molar refractivity (Wildman–Crippen MR) is 125 cm³/mol. The minimum Gasteiger partial charge on any atom is -0.303 e. The van der Waals surface area contributed by atoms with Gasteiger partial charge in [-0.1, -0.05) is 50.1 Å². The van der Waals surface area contributed by atoms with Crippen LogP contribution in [0.3, 0.4) is 0 Å². The molecule has 0 aromatic heterocycles. The van der Waals surface area contributed by atoms with Crippen molar-refractivity contribution >= 4 is 26.6 Å². The fraction of sp³-hybridized carbons (Fsp3) is 0.560. The van der Waals surface area contributed by atoms with Crippen molar-refractivity contribution in [3.8, 4) is 0 Å². The zero-order chi connectivity index (χ0) is 21.8. The third-order valence-corrected chi connectivity index (χ3v) is 8.79. The average Bonchev–Trinajstić information content (AvgIpc) is 3.23. The van der Waals surface area contributed by atoms with E-state index in [0.29, 0.717) is 24.4 Å². The monoisotopic (exact) mass is 442 g/mol. The van der Waals surface area contributed by atoms with Gasteiger partial charge in [0.2, 0.25) is 10.0 Å². The second-order valence-corrected chi connectivity index (χ2v) is 11.0. The summed E-state index contributed by atoms with van der Waals surface area (Å²) in [5, 5.41) is 1.94. The van der Waals surface area contributed by atoms with Crippen molar-refractivity contribution in [2.45, 2.75) is 50.3 Å². The Morgan fingerprint density at radius 2 is 1.74 bits per heavy atom. The molecule has 0 spiro atoms. The summed E-state index contributed by atoms with van der Waals surface area (Å²) in [5.74, 6) is 0.175. The number of piperidine rings is 1. The van der Waals surface area contributed by atoms with Crippen LogP contribution in [0.5, 0.6) is 0 Å². The molecule has 0 N–H and O–H groups in total. The van der Waals surface area contributed by atoms with Crippen LogP contribution in [0.2, 0.25) is 0 Å². The van der Waals surface area contributed by atoms with Gasteiger partial charge in [0.05, 0.1) is 4.90 Å². The third kappa shape index (κ3) is 5.02. The van der Waals surface area contributed by atoms with E-state index < -0.39 is 10.0 Å². The van der Waals surface area contributed by atoms with Gasteiger partial charge in [0.1, 0.15) is 5.78 Å². The molecule has 4 rings (SSSR count). The summed E-state index contributed by atoms with van der Waals surface area (Å²) >= 11 is 0. The molecule has 2 fully saturated rings. The maximum atomic E-state index is 13.4. The smallest absolute Gasteiger partial charge is 0.243 e. The normalized spacial score (nSPS) is 23.4. The van der Waals surface area contributed by atoms with E-state index in [1.165, 1.54) is 19.3 Å². The fourth-order valence-electron chi connectivity index (χ4n) is 5.17. The molecular weight excluding hydrogens is 408 g/mol. The molecule has 2 aromatic rings. The first-order chi connectivity index (χ1) is 15.0. The molecule has 6 heteroatoms. The van der Waals surface area contributed by atoms with Gasteiger partial charge < -0.3 is 4.90 Å². The summed E-state index contributed by atoms with van der Waals surface area (Å²) in [4.78, 5) is 15.8. The molecule has 1 unspecified atom stereocenters. The highest BCUT2D eigenvalue weighted by molar-refractivity contribution is 7.89. The van der Waals surface area contributed by atoms with E-state index in [-0.39, 0.29) is 17.6 Å². The Morgan fingerprint density at radius 3 is 2.48 bits per heavy atom. The summed E-state index contributed by atoms with van der Waals surface area (Å²) in [7, 11) is -3.61. The van der Waals surface area contributed by atoms with Crippen LogP contribution >= 0.6 is 0 Å². The number of Topliss-reactive ketones (excluding diaryl/α,β-unsaturated/α-hetero) is 1. The van der Waals surface area contributed by atoms with Crippen LogP contribution in [0.1, 0.15) is 45.4 Å². The van der Waals surface area contributed by atoms with E-state index in [2.05, 4.69) is 11.8 Å². The second kappa shape index (κ2) is 9.80. The van der Waals surface area contributed by atoms with Crippen LogP contribution in [-0.2, 0) is 14.8 Å². The number of nitrogens with zero attached hydrogens (tertiary/aromatic N) is 2. The molecule has 0 bridgehead atoms. The SMILES string of the molecule is CCC[C@@H]1CN(S(=O)(=O)c2ccc3ccccc3c2)CC1C(=O)CCN1CCCCC1. The lowest BCUT2D eigenvalue weighted by Gasteiger charge is -2.26. The van der Waals surface area contributed by atoms with Crippen LogP contribution in [0.25, 0.3) is 10.8 Å². The number of fused-ring (bicyclic) bond motifs is 1. The molecule has 0 radical (unpaired) electrons. The van der Waals surface area contributed by atoms with Gasteiger partial charge in [-0.2, -0.15) is 4.31 Å². The van der Waals surface area contributed by atoms with E-state index in [1.54, 1.807) is 16.4 Å². The zero-order valence-corrected chi connectivity index (χ0v) is 19.3. The molecule has 5 nitrogen and oxygen atoms in total. The lowest BCUT2D eigenvalue weighted by Crippen LogP contribution is -2.34. The van der Waals surface area contributed by atoms with Crippen molar-refractivity contribution in [1.82, 2.24) is 9.21 Å². The first kappa shape index (κ1) is 22.4. The van der Waals surface area contributed by atoms with Gasteiger partial charge in [0, 0.05) is 32.0 Å². The van der Waals surface area contributed by atoms with Crippen LogP contribution in [-0.4, -0.2) is 56.1 Å². The molecule has 0 saturated carbocycles. The van der Waals surface area contributed by atoms with E-state index >= 15 is 0 Å². The lowest BCUT2D eigenvalue weighted by atomic mass is 9.87. The highest BCUT2D eigenvalue weighted by Crippen LogP contribution is 2.33. The number of carbonyl (C=O) groups is 1. The van der Waals surface area contributed by atoms with Crippen LogP contribution < -0.4 is 0 Å². The summed E-state index contributed by atoms with van der Waals surface area (Å²) in [6.07, 6.45) is 6.11. The summed E-state index contributed by atoms with van der Waals surface area (Å²) in [6.45, 7) is 5.85. The molecule has 0 amide bonds. The Balaban J connectivity index is 1.48. The second-order valence-electron chi connectivity index (χ2n) is 9.10. The van der Waals surface area contributed by atoms with Gasteiger partial charge in [-0.25, -0.2) is 8.42 Å². The number of hydrogen-bond donors (Lipinski definition) is 0. The maximum Gasteiger partial charge on any atom is 0.243 e. The molecule has 0 aliphatic carbocycles. The van der Waals surface area contributed by atoms with Gasteiger partial charge in [-0.15, -0.1) is 0 Å². The average molecular weight is 443 g/mol. The van der Waals surface area contributed by atoms with Gasteiger partial charge >= 0.3 is 0 Å². The predicted octanol–water partition coefficient (Wildman–Crippen LogP) is 4.32. The molecule has 2 aliphatic rings. The Morgan fingerprint density at radius 1 is 1.00 bits per heavy atom. The molecule has 31 heavy (non-hydrogen) atoms. The minimum atomic E-state index is -3.61. The van der Waals surface area contributed by atoms with Gasteiger partial charge in [0.25, 0.3) is 0 Å². The van der Waals surface area contributed by atoms with Crippen molar-refractivity contribution in [3.63, 3.8) is 0 Å². The van der Waals surface area contributed by atoms with E-state index in [4.69, 9.17) is 0 Å². The van der Waals surface area contributed by atoms with Crippen LogP contribution in [0.15, 0.2) is 47.4 Å². The minimum absolute atomic E-state index is 0.120. The molecule has 2 saturated heterocycles. The van der Waals surface area contributed by atoms with Gasteiger partial charge in [-0.3, -0.25) is 4.79 Å². The number of rotatable bonds is 8. The Bertz CT molecular complexity index is 1010. The van der Waals surface area contributed by atoms with E-state index in [9.17, 15) is 13.2 Å². The summed E-state index contributed by atoms with van der Waals surface area (Å²) in [6, 6.07) is 13.1. The molecule has 168 valence electrons. The summed E-state index contributed by atoms with van der Waals surface area (Å²) < 4.78 is 28.4. The number of likely N-dealkylation sites (tertiary alicyclic amines) is 1. The van der Waals surface area contributed by atoms with Crippen molar-refractivity contribution in [3.05, 3.63) is 42.5 Å². The zero-order valence-electron chi connectivity index (χ0n) is 18.5. The first-order valence-corrected chi connectivity index (χ1v) is 13.2.